The molecule has 4 nitrogen and oxygen atoms in total. The van der Waals surface area contributed by atoms with Gasteiger partial charge in [0, 0.05) is 68.1 Å². The number of para-hydroxylation sites is 3. The number of benzene rings is 9. The van der Waals surface area contributed by atoms with Gasteiger partial charge in [-0.05, 0) is 143 Å². The molecule has 0 spiro atoms. The van der Waals surface area contributed by atoms with Crippen LogP contribution in [0.3, 0.4) is 0 Å². The zero-order valence-corrected chi connectivity index (χ0v) is 43.1. The van der Waals surface area contributed by atoms with Crippen molar-refractivity contribution in [3.8, 4) is 27.9 Å². The topological polar surface area (TPSA) is 14.7 Å². The molecule has 9 aromatic carbocycles. The van der Waals surface area contributed by atoms with Crippen LogP contribution in [0.2, 0.25) is 0 Å². The van der Waals surface area contributed by atoms with E-state index in [-0.39, 0.29) is 12.0 Å². The van der Waals surface area contributed by atoms with Crippen LogP contribution in [0.5, 0.6) is 0 Å². The molecule has 370 valence electrons. The van der Waals surface area contributed by atoms with Gasteiger partial charge in [0.1, 0.15) is 0 Å². The molecule has 10 aromatic rings. The monoisotopic (exact) mass is 990 g/mol. The average molecular weight is 991 g/mol. The number of rotatable bonds is 11. The van der Waals surface area contributed by atoms with E-state index in [4.69, 9.17) is 0 Å². The summed E-state index contributed by atoms with van der Waals surface area (Å²) in [5.74, 6) is 0.528. The standard InChI is InChI=1S/C73H58N4/c1-51-48-57(53-20-8-3-9-21-53)36-45-69(51)75(64-44-47-73-68(50-64)66-27-15-17-29-71(66)77(73)59-24-12-5-13-25-59)62-41-34-56(35-42-62)55-32-39-61(40-33-55)74(60-37-30-54(31-38-60)52-18-6-2-7-19-52)63-43-46-72-67(49-63)65-26-14-16-28-70(65)76(72)58-22-10-4-11-23-58/h2-24,26-47,49-51,59,68,73H,25,48H2,1H3. The average Bonchev–Trinajstić information content (AvgIpc) is 4.01. The Morgan fingerprint density at radius 3 is 1.70 bits per heavy atom. The molecule has 0 saturated heterocycles. The van der Waals surface area contributed by atoms with Crippen molar-refractivity contribution in [2.75, 3.05) is 14.7 Å². The van der Waals surface area contributed by atoms with Crippen molar-refractivity contribution >= 4 is 55.8 Å². The largest absolute Gasteiger partial charge is 0.357 e. The van der Waals surface area contributed by atoms with Crippen LogP contribution in [-0.2, 0) is 0 Å². The minimum Gasteiger partial charge on any atom is -0.357 e. The van der Waals surface area contributed by atoms with Crippen LogP contribution in [0.25, 0.3) is 55.3 Å². The van der Waals surface area contributed by atoms with E-state index in [1.165, 1.54) is 77.8 Å². The first-order valence-electron chi connectivity index (χ1n) is 27.2. The summed E-state index contributed by atoms with van der Waals surface area (Å²) in [6.45, 7) is 2.39. The highest BCUT2D eigenvalue weighted by atomic mass is 15.2. The Hall–Kier alpha value is -9.38. The van der Waals surface area contributed by atoms with Gasteiger partial charge < -0.3 is 19.3 Å². The summed E-state index contributed by atoms with van der Waals surface area (Å²) in [4.78, 5) is 7.58. The summed E-state index contributed by atoms with van der Waals surface area (Å²) >= 11 is 0. The Bertz CT molecular complexity index is 3990. The number of hydrogen-bond donors (Lipinski definition) is 0. The lowest BCUT2D eigenvalue weighted by atomic mass is 9.86. The van der Waals surface area contributed by atoms with Gasteiger partial charge in [0.05, 0.1) is 23.1 Å². The fourth-order valence-electron chi connectivity index (χ4n) is 12.6. The quantitative estimate of drug-likeness (QED) is 0.128. The van der Waals surface area contributed by atoms with Crippen LogP contribution in [-0.4, -0.2) is 16.7 Å². The summed E-state index contributed by atoms with van der Waals surface area (Å²) in [5, 5.41) is 2.45. The van der Waals surface area contributed by atoms with E-state index in [1.807, 2.05) is 0 Å². The molecule has 77 heavy (non-hydrogen) atoms. The Kier molecular flexibility index (Phi) is 11.8. The van der Waals surface area contributed by atoms with Gasteiger partial charge in [-0.3, -0.25) is 0 Å². The van der Waals surface area contributed by atoms with E-state index in [9.17, 15) is 0 Å². The van der Waals surface area contributed by atoms with Gasteiger partial charge >= 0.3 is 0 Å². The third kappa shape index (κ3) is 8.43. The normalized spacial score (nSPS) is 18.4. The van der Waals surface area contributed by atoms with Gasteiger partial charge in [-0.25, -0.2) is 0 Å². The van der Waals surface area contributed by atoms with Crippen LogP contribution < -0.4 is 14.7 Å². The summed E-state index contributed by atoms with van der Waals surface area (Å²) in [7, 11) is 0. The molecule has 4 atom stereocenters. The SMILES string of the molecule is CC1CC(c2ccccc2)=CC=C1N(C1=CC2c3ccccc3N(C3C=CC=CC3)C2C=C1)c1ccc(-c2ccc(N(c3ccc(-c4ccccc4)cc3)c3ccc4c(c3)c3ccccc3n4-c3ccccc3)cc2)cc1. The van der Waals surface area contributed by atoms with E-state index >= 15 is 0 Å². The third-order valence-corrected chi connectivity index (χ3v) is 16.3. The Morgan fingerprint density at radius 1 is 0.468 bits per heavy atom. The van der Waals surface area contributed by atoms with Crippen molar-refractivity contribution in [3.05, 3.63) is 308 Å². The molecule has 2 heterocycles. The number of anilines is 5. The molecular formula is C73H58N4. The van der Waals surface area contributed by atoms with Crippen molar-refractivity contribution in [1.29, 1.82) is 0 Å². The number of nitrogens with zero attached hydrogens (tertiary/aromatic N) is 4. The summed E-state index contributed by atoms with van der Waals surface area (Å²) in [6.07, 6.45) is 23.2. The van der Waals surface area contributed by atoms with Crippen LogP contribution in [0.4, 0.5) is 28.4 Å². The molecule has 0 saturated carbocycles. The Morgan fingerprint density at radius 2 is 1.04 bits per heavy atom. The minimum absolute atomic E-state index is 0.235. The molecule has 4 aliphatic rings. The zero-order chi connectivity index (χ0) is 51.2. The number of allylic oxidation sites excluding steroid dienone is 7. The minimum atomic E-state index is 0.235. The van der Waals surface area contributed by atoms with Crippen molar-refractivity contribution in [2.24, 2.45) is 5.92 Å². The molecule has 3 aliphatic carbocycles. The molecule has 14 rings (SSSR count). The second-order valence-electron chi connectivity index (χ2n) is 20.9. The summed E-state index contributed by atoms with van der Waals surface area (Å²) in [6, 6.07) is 84.9. The first-order chi connectivity index (χ1) is 38.1. The molecule has 4 unspecified atom stereocenters. The van der Waals surface area contributed by atoms with Gasteiger partial charge in [0.2, 0.25) is 0 Å². The van der Waals surface area contributed by atoms with E-state index in [0.717, 1.165) is 41.3 Å². The second-order valence-corrected chi connectivity index (χ2v) is 20.9. The molecule has 0 bridgehead atoms. The van der Waals surface area contributed by atoms with E-state index in [1.54, 1.807) is 0 Å². The number of hydrogen-bond acceptors (Lipinski definition) is 3. The predicted molar refractivity (Wildman–Crippen MR) is 324 cm³/mol. The zero-order valence-electron chi connectivity index (χ0n) is 43.1. The van der Waals surface area contributed by atoms with Crippen LogP contribution in [0, 0.1) is 5.92 Å². The molecule has 0 amide bonds. The lowest BCUT2D eigenvalue weighted by Gasteiger charge is -2.38. The first kappa shape index (κ1) is 46.2. The summed E-state index contributed by atoms with van der Waals surface area (Å²) in [5.41, 5.74) is 20.7. The van der Waals surface area contributed by atoms with Crippen molar-refractivity contribution < 1.29 is 0 Å². The lowest BCUT2D eigenvalue weighted by molar-refractivity contribution is 0.608. The maximum absolute atomic E-state index is 2.65. The fourth-order valence-corrected chi connectivity index (χ4v) is 12.6. The maximum atomic E-state index is 2.65. The summed E-state index contributed by atoms with van der Waals surface area (Å²) < 4.78 is 2.38. The highest BCUT2D eigenvalue weighted by molar-refractivity contribution is 6.10. The fraction of sp³-hybridized carbons (Fsp3) is 0.0959. The Balaban J connectivity index is 0.823. The van der Waals surface area contributed by atoms with Gasteiger partial charge in [-0.1, -0.05) is 201 Å². The number of fused-ring (bicyclic) bond motifs is 6. The van der Waals surface area contributed by atoms with Crippen molar-refractivity contribution in [2.45, 2.75) is 37.8 Å². The molecule has 1 aromatic heterocycles. The van der Waals surface area contributed by atoms with Crippen LogP contribution >= 0.6 is 0 Å². The van der Waals surface area contributed by atoms with Crippen molar-refractivity contribution in [1.82, 2.24) is 4.57 Å². The lowest BCUT2D eigenvalue weighted by Crippen LogP contribution is -2.41. The van der Waals surface area contributed by atoms with Crippen LogP contribution in [0.15, 0.2) is 297 Å². The smallest absolute Gasteiger partial charge is 0.0588 e. The highest BCUT2D eigenvalue weighted by Crippen LogP contribution is 2.49. The molecule has 1 aliphatic heterocycles. The van der Waals surface area contributed by atoms with E-state index in [2.05, 4.69) is 311 Å². The van der Waals surface area contributed by atoms with Gasteiger partial charge in [0.15, 0.2) is 0 Å². The predicted octanol–water partition coefficient (Wildman–Crippen LogP) is 18.7. The van der Waals surface area contributed by atoms with Crippen LogP contribution in [0.1, 0.15) is 36.8 Å². The van der Waals surface area contributed by atoms with Crippen molar-refractivity contribution in [3.63, 3.8) is 0 Å². The van der Waals surface area contributed by atoms with Gasteiger partial charge in [-0.15, -0.1) is 0 Å². The molecule has 0 radical (unpaired) electrons. The first-order valence-corrected chi connectivity index (χ1v) is 27.2. The van der Waals surface area contributed by atoms with E-state index < -0.39 is 0 Å². The molecule has 0 N–H and O–H groups in total. The maximum Gasteiger partial charge on any atom is 0.0588 e. The second kappa shape index (κ2) is 19.7. The Labute approximate surface area is 452 Å². The van der Waals surface area contributed by atoms with Gasteiger partial charge in [-0.2, -0.15) is 0 Å². The third-order valence-electron chi connectivity index (χ3n) is 16.3. The van der Waals surface area contributed by atoms with E-state index in [0.29, 0.717) is 12.0 Å². The molecule has 4 heteroatoms. The molecule has 0 fully saturated rings. The highest BCUT2D eigenvalue weighted by Gasteiger charge is 2.41. The van der Waals surface area contributed by atoms with Gasteiger partial charge in [0.25, 0.3) is 0 Å². The number of aromatic nitrogens is 1. The molecular weight excluding hydrogens is 933 g/mol.